The molecular weight excluding hydrogens is 269 g/mol. The van der Waals surface area contributed by atoms with Crippen molar-refractivity contribution in [2.24, 2.45) is 5.92 Å². The molecule has 1 saturated heterocycles. The van der Waals surface area contributed by atoms with Crippen molar-refractivity contribution in [2.45, 2.75) is 25.7 Å². The van der Waals surface area contributed by atoms with Gasteiger partial charge in [0.15, 0.2) is 0 Å². The predicted octanol–water partition coefficient (Wildman–Crippen LogP) is 1.25. The van der Waals surface area contributed by atoms with Crippen molar-refractivity contribution in [3.05, 3.63) is 0 Å². The highest BCUT2D eigenvalue weighted by Gasteiger charge is 2.23. The van der Waals surface area contributed by atoms with Crippen molar-refractivity contribution in [1.29, 1.82) is 0 Å². The molecular formula is C8H12INO2. The Morgan fingerprint density at radius 1 is 1.33 bits per heavy atom. The average molecular weight is 281 g/mol. The lowest BCUT2D eigenvalue weighted by Crippen LogP contribution is -2.38. The lowest BCUT2D eigenvalue weighted by atomic mass is 9.93. The number of piperidine rings is 1. The summed E-state index contributed by atoms with van der Waals surface area (Å²) in [6.45, 7) is 0. The zero-order valence-electron chi connectivity index (χ0n) is 6.81. The van der Waals surface area contributed by atoms with Crippen molar-refractivity contribution in [1.82, 2.24) is 5.32 Å². The summed E-state index contributed by atoms with van der Waals surface area (Å²) in [6, 6.07) is 0. The Kier molecular flexibility index (Phi) is 3.97. The third-order valence-corrected chi connectivity index (χ3v) is 2.74. The molecule has 1 rings (SSSR count). The van der Waals surface area contributed by atoms with Gasteiger partial charge in [0.05, 0.1) is 0 Å². The van der Waals surface area contributed by atoms with E-state index in [0.717, 1.165) is 17.3 Å². The van der Waals surface area contributed by atoms with E-state index in [2.05, 4.69) is 27.9 Å². The first-order valence-electron chi connectivity index (χ1n) is 4.11. The molecule has 0 atom stereocenters. The number of hydrogen-bond acceptors (Lipinski definition) is 2. The van der Waals surface area contributed by atoms with Gasteiger partial charge in [-0.3, -0.25) is 14.9 Å². The molecule has 2 amide bonds. The summed E-state index contributed by atoms with van der Waals surface area (Å²) in [5.74, 6) is 0.0791. The molecule has 0 saturated carbocycles. The lowest BCUT2D eigenvalue weighted by molar-refractivity contribution is -0.134. The summed E-state index contributed by atoms with van der Waals surface area (Å²) in [4.78, 5) is 21.8. The third-order valence-electron chi connectivity index (χ3n) is 1.97. The Morgan fingerprint density at radius 2 is 1.92 bits per heavy atom. The molecule has 1 aliphatic heterocycles. The maximum absolute atomic E-state index is 10.9. The Bertz CT molecular complexity index is 177. The van der Waals surface area contributed by atoms with Gasteiger partial charge in [-0.1, -0.05) is 22.6 Å². The molecule has 0 aliphatic carbocycles. The van der Waals surface area contributed by atoms with Crippen LogP contribution in [0, 0.1) is 5.92 Å². The highest BCUT2D eigenvalue weighted by Crippen LogP contribution is 2.19. The van der Waals surface area contributed by atoms with Gasteiger partial charge in [0.2, 0.25) is 11.8 Å². The molecule has 1 N–H and O–H groups in total. The van der Waals surface area contributed by atoms with E-state index in [9.17, 15) is 9.59 Å². The maximum atomic E-state index is 10.9. The highest BCUT2D eigenvalue weighted by molar-refractivity contribution is 14.1. The van der Waals surface area contributed by atoms with E-state index >= 15 is 0 Å². The molecule has 0 spiro atoms. The van der Waals surface area contributed by atoms with Crippen LogP contribution in [-0.2, 0) is 9.59 Å². The minimum absolute atomic E-state index is 0.107. The van der Waals surface area contributed by atoms with E-state index < -0.39 is 0 Å². The topological polar surface area (TPSA) is 46.2 Å². The highest BCUT2D eigenvalue weighted by atomic mass is 127. The molecule has 0 bridgehead atoms. The number of nitrogens with one attached hydrogen (secondary N) is 1. The van der Waals surface area contributed by atoms with Gasteiger partial charge in [-0.2, -0.15) is 0 Å². The predicted molar refractivity (Wildman–Crippen MR) is 54.0 cm³/mol. The second-order valence-corrected chi connectivity index (χ2v) is 4.16. The number of amides is 2. The number of rotatable bonds is 3. The quantitative estimate of drug-likeness (QED) is 0.481. The second kappa shape index (κ2) is 4.79. The Balaban J connectivity index is 2.34. The summed E-state index contributed by atoms with van der Waals surface area (Å²) in [6.07, 6.45) is 3.17. The van der Waals surface area contributed by atoms with Crippen LogP contribution in [0.25, 0.3) is 0 Å². The van der Waals surface area contributed by atoms with Crippen molar-refractivity contribution >= 4 is 34.4 Å². The van der Waals surface area contributed by atoms with Crippen LogP contribution in [0.15, 0.2) is 0 Å². The molecule has 1 aliphatic rings. The van der Waals surface area contributed by atoms with Crippen LogP contribution < -0.4 is 5.32 Å². The molecule has 0 radical (unpaired) electrons. The fourth-order valence-corrected chi connectivity index (χ4v) is 1.86. The van der Waals surface area contributed by atoms with E-state index in [1.807, 2.05) is 0 Å². The average Bonchev–Trinajstić information content (AvgIpc) is 1.99. The van der Waals surface area contributed by atoms with Crippen LogP contribution in [-0.4, -0.2) is 16.2 Å². The first-order chi connectivity index (χ1) is 5.72. The monoisotopic (exact) mass is 281 g/mol. The molecule has 4 heteroatoms. The Labute approximate surface area is 85.4 Å². The third kappa shape index (κ3) is 3.08. The molecule has 0 aromatic heterocycles. The standard InChI is InChI=1S/C8H12INO2/c9-3-1-2-6-4-7(11)10-8(12)5-6/h6H,1-5H2,(H,10,11,12). The number of imide groups is 1. The summed E-state index contributed by atoms with van der Waals surface area (Å²) >= 11 is 2.31. The number of halogens is 1. The van der Waals surface area contributed by atoms with E-state index in [4.69, 9.17) is 0 Å². The van der Waals surface area contributed by atoms with Gasteiger partial charge in [0.1, 0.15) is 0 Å². The van der Waals surface area contributed by atoms with Gasteiger partial charge in [0, 0.05) is 12.8 Å². The van der Waals surface area contributed by atoms with Crippen LogP contribution >= 0.6 is 22.6 Å². The van der Waals surface area contributed by atoms with Crippen molar-refractivity contribution < 1.29 is 9.59 Å². The molecule has 12 heavy (non-hydrogen) atoms. The SMILES string of the molecule is O=C1CC(CCCI)CC(=O)N1. The molecule has 0 aromatic rings. The van der Waals surface area contributed by atoms with Crippen molar-refractivity contribution in [3.63, 3.8) is 0 Å². The lowest BCUT2D eigenvalue weighted by Gasteiger charge is -2.19. The minimum Gasteiger partial charge on any atom is -0.296 e. The summed E-state index contributed by atoms with van der Waals surface area (Å²) in [5.41, 5.74) is 0. The zero-order chi connectivity index (χ0) is 8.97. The molecule has 1 heterocycles. The first-order valence-corrected chi connectivity index (χ1v) is 5.63. The number of alkyl halides is 1. The van der Waals surface area contributed by atoms with Crippen LogP contribution in [0.2, 0.25) is 0 Å². The van der Waals surface area contributed by atoms with Gasteiger partial charge in [-0.15, -0.1) is 0 Å². The molecule has 0 unspecified atom stereocenters. The van der Waals surface area contributed by atoms with Gasteiger partial charge in [0.25, 0.3) is 0 Å². The van der Waals surface area contributed by atoms with Crippen LogP contribution in [0.3, 0.4) is 0 Å². The molecule has 0 aromatic carbocycles. The Hall–Kier alpha value is -0.130. The Morgan fingerprint density at radius 3 is 2.42 bits per heavy atom. The van der Waals surface area contributed by atoms with E-state index in [-0.39, 0.29) is 11.8 Å². The van der Waals surface area contributed by atoms with Crippen molar-refractivity contribution in [3.8, 4) is 0 Å². The first kappa shape index (κ1) is 9.95. The van der Waals surface area contributed by atoms with E-state index in [1.54, 1.807) is 0 Å². The zero-order valence-corrected chi connectivity index (χ0v) is 8.96. The number of carbonyl (C=O) groups excluding carboxylic acids is 2. The normalized spacial score (nSPS) is 19.4. The molecule has 68 valence electrons. The fourth-order valence-electron chi connectivity index (χ4n) is 1.42. The summed E-state index contributed by atoms with van der Waals surface area (Å²) < 4.78 is 1.10. The van der Waals surface area contributed by atoms with Gasteiger partial charge in [-0.25, -0.2) is 0 Å². The fraction of sp³-hybridized carbons (Fsp3) is 0.750. The second-order valence-electron chi connectivity index (χ2n) is 3.08. The number of hydrogen-bond donors (Lipinski definition) is 1. The largest absolute Gasteiger partial charge is 0.296 e. The van der Waals surface area contributed by atoms with Crippen LogP contribution in [0.4, 0.5) is 0 Å². The maximum Gasteiger partial charge on any atom is 0.226 e. The number of carbonyl (C=O) groups is 2. The van der Waals surface area contributed by atoms with Crippen LogP contribution in [0.1, 0.15) is 25.7 Å². The van der Waals surface area contributed by atoms with Crippen molar-refractivity contribution in [2.75, 3.05) is 4.43 Å². The molecule has 3 nitrogen and oxygen atoms in total. The summed E-state index contributed by atoms with van der Waals surface area (Å²) in [7, 11) is 0. The van der Waals surface area contributed by atoms with Gasteiger partial charge < -0.3 is 0 Å². The van der Waals surface area contributed by atoms with Gasteiger partial charge in [-0.05, 0) is 23.2 Å². The van der Waals surface area contributed by atoms with E-state index in [0.29, 0.717) is 18.8 Å². The van der Waals surface area contributed by atoms with Crippen LogP contribution in [0.5, 0.6) is 0 Å². The van der Waals surface area contributed by atoms with Gasteiger partial charge >= 0.3 is 0 Å². The molecule has 1 fully saturated rings. The minimum atomic E-state index is -0.107. The smallest absolute Gasteiger partial charge is 0.226 e. The van der Waals surface area contributed by atoms with E-state index in [1.165, 1.54) is 0 Å². The summed E-state index contributed by atoms with van der Waals surface area (Å²) in [5, 5.41) is 2.31.